The fraction of sp³-hybridized carbons (Fsp3) is 0.381. The number of hydrogen-bond donors (Lipinski definition) is 1. The lowest BCUT2D eigenvalue weighted by atomic mass is 10.1. The minimum atomic E-state index is -0.0357. The number of anilines is 2. The van der Waals surface area contributed by atoms with E-state index in [1.165, 1.54) is 0 Å². The van der Waals surface area contributed by atoms with Crippen LogP contribution in [0, 0.1) is 6.92 Å². The van der Waals surface area contributed by atoms with E-state index in [0.29, 0.717) is 11.6 Å². The summed E-state index contributed by atoms with van der Waals surface area (Å²) in [5.41, 5.74) is 4.16. The topological polar surface area (TPSA) is 93.8 Å². The number of fused-ring (bicyclic) bond motifs is 2. The number of rotatable bonds is 3. The maximum Gasteiger partial charge on any atom is 0.330 e. The van der Waals surface area contributed by atoms with Crippen molar-refractivity contribution >= 4 is 33.7 Å². The predicted molar refractivity (Wildman–Crippen MR) is 116 cm³/mol. The van der Waals surface area contributed by atoms with Gasteiger partial charge >= 0.3 is 5.69 Å². The molecule has 1 fully saturated rings. The molecule has 0 bridgehead atoms. The van der Waals surface area contributed by atoms with Crippen LogP contribution >= 0.6 is 0 Å². The highest BCUT2D eigenvalue weighted by atomic mass is 16.1. The molecule has 9 nitrogen and oxygen atoms in total. The molecule has 4 heterocycles. The number of nitrogens with one attached hydrogen (secondary N) is 1. The summed E-state index contributed by atoms with van der Waals surface area (Å²) in [6.45, 7) is 3.96. The van der Waals surface area contributed by atoms with E-state index in [0.717, 1.165) is 53.6 Å². The quantitative estimate of drug-likeness (QED) is 0.560. The van der Waals surface area contributed by atoms with Crippen LogP contribution in [0.1, 0.15) is 24.4 Å². The average molecular weight is 404 g/mol. The molecule has 0 aliphatic carbocycles. The molecule has 0 spiro atoms. The molecule has 1 saturated heterocycles. The molecule has 9 heteroatoms. The summed E-state index contributed by atoms with van der Waals surface area (Å²) in [6, 6.07) is 6.08. The summed E-state index contributed by atoms with van der Waals surface area (Å²) in [4.78, 5) is 24.5. The number of likely N-dealkylation sites (tertiary alicyclic amines) is 1. The van der Waals surface area contributed by atoms with Gasteiger partial charge in [0, 0.05) is 24.2 Å². The normalized spacial score (nSPS) is 15.8. The second-order valence-corrected chi connectivity index (χ2v) is 8.03. The molecule has 0 amide bonds. The Morgan fingerprint density at radius 3 is 2.77 bits per heavy atom. The van der Waals surface area contributed by atoms with Gasteiger partial charge in [-0.25, -0.2) is 9.78 Å². The first-order chi connectivity index (χ1) is 14.5. The van der Waals surface area contributed by atoms with Gasteiger partial charge in [0.15, 0.2) is 5.65 Å². The number of aromatic nitrogens is 6. The number of nitrogens with zero attached hydrogens (tertiary/aromatic N) is 7. The smallest absolute Gasteiger partial charge is 0.324 e. The Kier molecular flexibility index (Phi) is 4.47. The highest BCUT2D eigenvalue weighted by Crippen LogP contribution is 2.27. The fourth-order valence-corrected chi connectivity index (χ4v) is 4.17. The minimum absolute atomic E-state index is 0.0357. The van der Waals surface area contributed by atoms with Gasteiger partial charge in [-0.2, -0.15) is 15.2 Å². The monoisotopic (exact) mass is 404 g/mol. The molecule has 0 saturated carbocycles. The van der Waals surface area contributed by atoms with Crippen molar-refractivity contribution in [3.05, 3.63) is 46.6 Å². The zero-order valence-electron chi connectivity index (χ0n) is 17.3. The van der Waals surface area contributed by atoms with E-state index in [-0.39, 0.29) is 11.7 Å². The van der Waals surface area contributed by atoms with Gasteiger partial charge < -0.3 is 10.2 Å². The number of imidazole rings is 1. The Labute approximate surface area is 173 Å². The van der Waals surface area contributed by atoms with Crippen molar-refractivity contribution in [2.45, 2.75) is 25.8 Å². The van der Waals surface area contributed by atoms with Crippen molar-refractivity contribution in [2.24, 2.45) is 7.05 Å². The molecule has 5 rings (SSSR count). The Morgan fingerprint density at radius 1 is 1.17 bits per heavy atom. The molecule has 0 atom stereocenters. The molecule has 0 unspecified atom stereocenters. The summed E-state index contributed by atoms with van der Waals surface area (Å²) in [5, 5.41) is 12.4. The molecule has 3 aromatic heterocycles. The van der Waals surface area contributed by atoms with Gasteiger partial charge in [-0.3, -0.25) is 9.13 Å². The van der Waals surface area contributed by atoms with Crippen LogP contribution in [0.2, 0.25) is 0 Å². The van der Waals surface area contributed by atoms with Crippen molar-refractivity contribution in [1.82, 2.24) is 34.2 Å². The molecule has 1 aromatic carbocycles. The van der Waals surface area contributed by atoms with Crippen molar-refractivity contribution in [3.8, 4) is 0 Å². The lowest BCUT2D eigenvalue weighted by molar-refractivity contribution is 0.220. The van der Waals surface area contributed by atoms with Crippen molar-refractivity contribution in [1.29, 1.82) is 0 Å². The third-order valence-electron chi connectivity index (χ3n) is 5.99. The van der Waals surface area contributed by atoms with Gasteiger partial charge in [-0.1, -0.05) is 0 Å². The van der Waals surface area contributed by atoms with Gasteiger partial charge in [0.1, 0.15) is 5.52 Å². The van der Waals surface area contributed by atoms with E-state index in [1.54, 1.807) is 24.0 Å². The van der Waals surface area contributed by atoms with Crippen LogP contribution in [-0.4, -0.2) is 54.3 Å². The van der Waals surface area contributed by atoms with Gasteiger partial charge in [-0.05, 0) is 63.7 Å². The molecule has 154 valence electrons. The molecule has 4 aromatic rings. The van der Waals surface area contributed by atoms with Crippen molar-refractivity contribution in [2.75, 3.05) is 25.5 Å². The van der Waals surface area contributed by atoms with Crippen LogP contribution in [0.4, 0.5) is 11.6 Å². The molecular formula is C21H24N8O. The Bertz CT molecular complexity index is 1300. The third kappa shape index (κ3) is 3.11. The number of hydrogen-bond acceptors (Lipinski definition) is 7. The first kappa shape index (κ1) is 18.7. The molecule has 1 N–H and O–H groups in total. The Balaban J connectivity index is 1.56. The summed E-state index contributed by atoms with van der Waals surface area (Å²) >= 11 is 0. The number of aryl methyl sites for hydroxylation is 2. The van der Waals surface area contributed by atoms with E-state index in [1.807, 2.05) is 29.7 Å². The van der Waals surface area contributed by atoms with Crippen LogP contribution in [0.15, 0.2) is 35.4 Å². The number of piperidine rings is 1. The fourth-order valence-electron chi connectivity index (χ4n) is 4.17. The predicted octanol–water partition coefficient (Wildman–Crippen LogP) is 2.39. The van der Waals surface area contributed by atoms with Crippen LogP contribution in [0.3, 0.4) is 0 Å². The zero-order valence-corrected chi connectivity index (χ0v) is 17.3. The summed E-state index contributed by atoms with van der Waals surface area (Å²) in [6.07, 6.45) is 5.27. The standard InChI is InChI=1S/C21H24N8O/c1-13-10-17-14(4-7-23-26-17)11-16(13)24-20-22-12-18-19(25-20)29(21(30)28(18)3)15-5-8-27(2)9-6-15/h4,7,10-12,15H,5-6,8-9H2,1-3H3,(H,22,24,25). The lowest BCUT2D eigenvalue weighted by Gasteiger charge is -2.29. The first-order valence-corrected chi connectivity index (χ1v) is 10.1. The SMILES string of the molecule is Cc1cc2nnccc2cc1Nc1ncc2c(n1)n(C1CCN(C)CC1)c(=O)n2C. The Hall–Kier alpha value is -3.33. The van der Waals surface area contributed by atoms with Gasteiger partial charge in [0.2, 0.25) is 5.95 Å². The summed E-state index contributed by atoms with van der Waals surface area (Å²) in [5.74, 6) is 0.472. The highest BCUT2D eigenvalue weighted by Gasteiger charge is 2.24. The maximum atomic E-state index is 13.0. The molecule has 0 radical (unpaired) electrons. The van der Waals surface area contributed by atoms with Crippen LogP contribution < -0.4 is 11.0 Å². The van der Waals surface area contributed by atoms with E-state index in [2.05, 4.69) is 32.4 Å². The lowest BCUT2D eigenvalue weighted by Crippen LogP contribution is -2.35. The maximum absolute atomic E-state index is 13.0. The third-order valence-corrected chi connectivity index (χ3v) is 5.99. The minimum Gasteiger partial charge on any atom is -0.324 e. The van der Waals surface area contributed by atoms with Crippen LogP contribution in [-0.2, 0) is 7.05 Å². The average Bonchev–Trinajstić information content (AvgIpc) is 2.99. The molecular weight excluding hydrogens is 380 g/mol. The summed E-state index contributed by atoms with van der Waals surface area (Å²) in [7, 11) is 3.89. The van der Waals surface area contributed by atoms with Gasteiger partial charge in [0.25, 0.3) is 0 Å². The van der Waals surface area contributed by atoms with Crippen LogP contribution in [0.25, 0.3) is 22.1 Å². The highest BCUT2D eigenvalue weighted by molar-refractivity contribution is 5.84. The molecule has 1 aliphatic heterocycles. The number of benzene rings is 1. The van der Waals surface area contributed by atoms with Crippen molar-refractivity contribution in [3.63, 3.8) is 0 Å². The zero-order chi connectivity index (χ0) is 20.8. The first-order valence-electron chi connectivity index (χ1n) is 10.1. The second kappa shape index (κ2) is 7.17. The Morgan fingerprint density at radius 2 is 1.97 bits per heavy atom. The van der Waals surface area contributed by atoms with E-state index >= 15 is 0 Å². The van der Waals surface area contributed by atoms with Gasteiger partial charge in [-0.15, -0.1) is 0 Å². The summed E-state index contributed by atoms with van der Waals surface area (Å²) < 4.78 is 3.48. The molecule has 30 heavy (non-hydrogen) atoms. The van der Waals surface area contributed by atoms with E-state index in [4.69, 9.17) is 4.98 Å². The largest absolute Gasteiger partial charge is 0.330 e. The van der Waals surface area contributed by atoms with Crippen molar-refractivity contribution < 1.29 is 0 Å². The van der Waals surface area contributed by atoms with E-state index < -0.39 is 0 Å². The van der Waals surface area contributed by atoms with Crippen LogP contribution in [0.5, 0.6) is 0 Å². The van der Waals surface area contributed by atoms with E-state index in [9.17, 15) is 4.79 Å². The molecule has 1 aliphatic rings. The second-order valence-electron chi connectivity index (χ2n) is 8.03. The van der Waals surface area contributed by atoms with Gasteiger partial charge in [0.05, 0.1) is 17.9 Å².